The van der Waals surface area contributed by atoms with E-state index < -0.39 is 0 Å². The van der Waals surface area contributed by atoms with Crippen molar-refractivity contribution in [1.82, 2.24) is 4.90 Å². The molecule has 0 aliphatic rings. The summed E-state index contributed by atoms with van der Waals surface area (Å²) in [5.74, 6) is -0.380. The van der Waals surface area contributed by atoms with Crippen LogP contribution in [0.4, 0.5) is 8.78 Å². The van der Waals surface area contributed by atoms with Crippen LogP contribution in [0, 0.1) is 11.6 Å². The van der Waals surface area contributed by atoms with E-state index in [0.29, 0.717) is 18.7 Å². The van der Waals surface area contributed by atoms with E-state index in [4.69, 9.17) is 4.74 Å². The maximum Gasteiger partial charge on any atom is 0.165 e. The molecule has 0 fully saturated rings. The molecule has 2 aromatic rings. The zero-order chi connectivity index (χ0) is 14.5. The van der Waals surface area contributed by atoms with Crippen molar-refractivity contribution in [2.75, 3.05) is 14.2 Å². The molecule has 0 radical (unpaired) electrons. The molecule has 2 rings (SSSR count). The number of hydrogen-bond donors (Lipinski definition) is 0. The van der Waals surface area contributed by atoms with Gasteiger partial charge in [-0.15, -0.1) is 0 Å². The fourth-order valence-corrected chi connectivity index (χ4v) is 2.09. The van der Waals surface area contributed by atoms with Gasteiger partial charge in [-0.3, -0.25) is 4.90 Å². The molecule has 0 N–H and O–H groups in total. The molecule has 0 aromatic heterocycles. The van der Waals surface area contributed by atoms with Crippen molar-refractivity contribution >= 4 is 0 Å². The molecule has 2 nitrogen and oxygen atoms in total. The number of nitrogens with zero attached hydrogens (tertiary/aromatic N) is 1. The Labute approximate surface area is 117 Å². The summed E-state index contributed by atoms with van der Waals surface area (Å²) < 4.78 is 32.0. The SMILES string of the molecule is COc1ccc(CN(C)Cc2ccccc2F)cc1F. The summed E-state index contributed by atoms with van der Waals surface area (Å²) in [6, 6.07) is 11.5. The van der Waals surface area contributed by atoms with Gasteiger partial charge in [0.25, 0.3) is 0 Å². The van der Waals surface area contributed by atoms with Gasteiger partial charge >= 0.3 is 0 Å². The third kappa shape index (κ3) is 3.54. The van der Waals surface area contributed by atoms with Crippen molar-refractivity contribution in [1.29, 1.82) is 0 Å². The number of rotatable bonds is 5. The maximum atomic E-state index is 13.6. The quantitative estimate of drug-likeness (QED) is 0.828. The van der Waals surface area contributed by atoms with Crippen molar-refractivity contribution in [3.63, 3.8) is 0 Å². The Morgan fingerprint density at radius 2 is 1.75 bits per heavy atom. The van der Waals surface area contributed by atoms with Crippen LogP contribution in [-0.2, 0) is 13.1 Å². The van der Waals surface area contributed by atoms with Crippen LogP contribution in [0.15, 0.2) is 42.5 Å². The molecule has 0 spiro atoms. The van der Waals surface area contributed by atoms with E-state index in [1.165, 1.54) is 19.2 Å². The van der Waals surface area contributed by atoms with Gasteiger partial charge in [-0.1, -0.05) is 24.3 Å². The smallest absolute Gasteiger partial charge is 0.165 e. The van der Waals surface area contributed by atoms with E-state index in [-0.39, 0.29) is 17.4 Å². The van der Waals surface area contributed by atoms with Gasteiger partial charge in [0.1, 0.15) is 5.82 Å². The Kier molecular flexibility index (Phi) is 4.69. The van der Waals surface area contributed by atoms with Gasteiger partial charge in [-0.25, -0.2) is 8.78 Å². The summed E-state index contributed by atoms with van der Waals surface area (Å²) in [5, 5.41) is 0. The summed E-state index contributed by atoms with van der Waals surface area (Å²) in [6.07, 6.45) is 0. The summed E-state index contributed by atoms with van der Waals surface area (Å²) in [4.78, 5) is 1.93. The lowest BCUT2D eigenvalue weighted by atomic mass is 10.1. The molecule has 0 saturated heterocycles. The van der Waals surface area contributed by atoms with E-state index in [0.717, 1.165) is 5.56 Å². The molecular formula is C16H17F2NO. The lowest BCUT2D eigenvalue weighted by molar-refractivity contribution is 0.312. The minimum Gasteiger partial charge on any atom is -0.494 e. The number of halogens is 2. The van der Waals surface area contributed by atoms with Crippen LogP contribution in [0.2, 0.25) is 0 Å². The normalized spacial score (nSPS) is 10.8. The molecule has 0 amide bonds. The number of benzene rings is 2. The van der Waals surface area contributed by atoms with E-state index in [1.54, 1.807) is 30.3 Å². The van der Waals surface area contributed by atoms with Crippen molar-refractivity contribution < 1.29 is 13.5 Å². The third-order valence-electron chi connectivity index (χ3n) is 3.07. The van der Waals surface area contributed by atoms with Gasteiger partial charge in [0.15, 0.2) is 11.6 Å². The second kappa shape index (κ2) is 6.48. The van der Waals surface area contributed by atoms with E-state index >= 15 is 0 Å². The first-order valence-electron chi connectivity index (χ1n) is 6.34. The summed E-state index contributed by atoms with van der Waals surface area (Å²) >= 11 is 0. The zero-order valence-corrected chi connectivity index (χ0v) is 11.6. The highest BCUT2D eigenvalue weighted by Gasteiger charge is 2.08. The molecule has 0 saturated carbocycles. The van der Waals surface area contributed by atoms with Crippen molar-refractivity contribution in [2.45, 2.75) is 13.1 Å². The molecule has 4 heteroatoms. The molecule has 20 heavy (non-hydrogen) atoms. The molecular weight excluding hydrogens is 260 g/mol. The molecule has 0 heterocycles. The first kappa shape index (κ1) is 14.5. The number of methoxy groups -OCH3 is 1. The fourth-order valence-electron chi connectivity index (χ4n) is 2.09. The van der Waals surface area contributed by atoms with Gasteiger partial charge in [0.2, 0.25) is 0 Å². The van der Waals surface area contributed by atoms with E-state index in [2.05, 4.69) is 0 Å². The second-order valence-corrected chi connectivity index (χ2v) is 4.73. The maximum absolute atomic E-state index is 13.6. The first-order chi connectivity index (χ1) is 9.60. The van der Waals surface area contributed by atoms with Gasteiger partial charge in [0, 0.05) is 18.7 Å². The summed E-state index contributed by atoms with van der Waals surface area (Å²) in [5.41, 5.74) is 1.45. The van der Waals surface area contributed by atoms with E-state index in [1.807, 2.05) is 11.9 Å². The summed E-state index contributed by atoms with van der Waals surface area (Å²) in [6.45, 7) is 1.01. The van der Waals surface area contributed by atoms with Crippen LogP contribution >= 0.6 is 0 Å². The minimum absolute atomic E-state index is 0.222. The minimum atomic E-state index is -0.385. The van der Waals surface area contributed by atoms with Crippen LogP contribution in [-0.4, -0.2) is 19.1 Å². The van der Waals surface area contributed by atoms with Crippen LogP contribution in [0.1, 0.15) is 11.1 Å². The molecule has 2 aromatic carbocycles. The predicted molar refractivity (Wildman–Crippen MR) is 74.5 cm³/mol. The highest BCUT2D eigenvalue weighted by Crippen LogP contribution is 2.19. The van der Waals surface area contributed by atoms with Gasteiger partial charge in [-0.2, -0.15) is 0 Å². The third-order valence-corrected chi connectivity index (χ3v) is 3.07. The fraction of sp³-hybridized carbons (Fsp3) is 0.250. The average Bonchev–Trinajstić information content (AvgIpc) is 2.41. The van der Waals surface area contributed by atoms with Gasteiger partial charge in [-0.05, 0) is 30.8 Å². The second-order valence-electron chi connectivity index (χ2n) is 4.73. The Bertz CT molecular complexity index is 586. The number of ether oxygens (including phenoxy) is 1. The van der Waals surface area contributed by atoms with Gasteiger partial charge in [0.05, 0.1) is 7.11 Å². The molecule has 0 aliphatic carbocycles. The lowest BCUT2D eigenvalue weighted by Gasteiger charge is -2.17. The Morgan fingerprint density at radius 1 is 1.00 bits per heavy atom. The van der Waals surface area contributed by atoms with Crippen LogP contribution < -0.4 is 4.74 Å². The molecule has 0 atom stereocenters. The number of hydrogen-bond acceptors (Lipinski definition) is 2. The van der Waals surface area contributed by atoms with Crippen LogP contribution in [0.25, 0.3) is 0 Å². The Hall–Kier alpha value is -1.94. The lowest BCUT2D eigenvalue weighted by Crippen LogP contribution is -2.18. The molecule has 0 unspecified atom stereocenters. The highest BCUT2D eigenvalue weighted by molar-refractivity contribution is 5.29. The predicted octanol–water partition coefficient (Wildman–Crippen LogP) is 3.61. The largest absolute Gasteiger partial charge is 0.494 e. The van der Waals surface area contributed by atoms with Crippen LogP contribution in [0.5, 0.6) is 5.75 Å². The zero-order valence-electron chi connectivity index (χ0n) is 11.6. The summed E-state index contributed by atoms with van der Waals surface area (Å²) in [7, 11) is 3.30. The van der Waals surface area contributed by atoms with Crippen LogP contribution in [0.3, 0.4) is 0 Å². The van der Waals surface area contributed by atoms with E-state index in [9.17, 15) is 8.78 Å². The van der Waals surface area contributed by atoms with Gasteiger partial charge < -0.3 is 4.74 Å². The van der Waals surface area contributed by atoms with Crippen molar-refractivity contribution in [2.24, 2.45) is 0 Å². The monoisotopic (exact) mass is 277 g/mol. The Morgan fingerprint density at radius 3 is 2.40 bits per heavy atom. The first-order valence-corrected chi connectivity index (χ1v) is 6.34. The van der Waals surface area contributed by atoms with Crippen molar-refractivity contribution in [3.05, 3.63) is 65.2 Å². The molecule has 0 bridgehead atoms. The molecule has 106 valence electrons. The highest BCUT2D eigenvalue weighted by atomic mass is 19.1. The standard InChI is InChI=1S/C16H17F2NO/c1-19(11-13-5-3-4-6-14(13)17)10-12-7-8-16(20-2)15(18)9-12/h3-9H,10-11H2,1-2H3. The Balaban J connectivity index is 2.03. The topological polar surface area (TPSA) is 12.5 Å². The van der Waals surface area contributed by atoms with Crippen molar-refractivity contribution in [3.8, 4) is 5.75 Å². The molecule has 0 aliphatic heterocycles. The average molecular weight is 277 g/mol.